The minimum atomic E-state index is 0.0536. The molecule has 2 heterocycles. The molecular formula is C46H36N3O+. The van der Waals surface area contributed by atoms with E-state index in [0.717, 1.165) is 62.7 Å². The number of nitrogens with zero attached hydrogens (tertiary/aromatic N) is 3. The molecule has 0 unspecified atom stereocenters. The lowest BCUT2D eigenvalue weighted by Gasteiger charge is -2.24. The summed E-state index contributed by atoms with van der Waals surface area (Å²) in [6.07, 6.45) is 0.836. The zero-order valence-corrected chi connectivity index (χ0v) is 27.9. The van der Waals surface area contributed by atoms with Gasteiger partial charge in [-0.05, 0) is 77.7 Å². The Hall–Kier alpha value is -6.39. The van der Waals surface area contributed by atoms with Gasteiger partial charge in [0, 0.05) is 47.4 Å². The number of benzene rings is 6. The van der Waals surface area contributed by atoms with Crippen LogP contribution in [0.1, 0.15) is 40.9 Å². The van der Waals surface area contributed by atoms with Crippen LogP contribution in [-0.4, -0.2) is 11.5 Å². The Morgan fingerprint density at radius 2 is 1.06 bits per heavy atom. The van der Waals surface area contributed by atoms with Crippen molar-refractivity contribution in [2.45, 2.75) is 19.4 Å². The van der Waals surface area contributed by atoms with Gasteiger partial charge in [0.25, 0.3) is 0 Å². The molecule has 0 aliphatic carbocycles. The predicted octanol–water partition coefficient (Wildman–Crippen LogP) is 10.5. The molecule has 1 aliphatic heterocycles. The summed E-state index contributed by atoms with van der Waals surface area (Å²) >= 11 is 0. The summed E-state index contributed by atoms with van der Waals surface area (Å²) in [6, 6.07) is 63.4. The minimum absolute atomic E-state index is 0.0536. The van der Waals surface area contributed by atoms with E-state index in [1.165, 1.54) is 5.56 Å². The summed E-state index contributed by atoms with van der Waals surface area (Å²) in [5, 5.41) is 7.36. The molecule has 0 spiro atoms. The average molecular weight is 647 g/mol. The Bertz CT molecular complexity index is 2220. The van der Waals surface area contributed by atoms with Crippen molar-refractivity contribution in [1.82, 2.24) is 0 Å². The number of anilines is 1. The first-order valence-electron chi connectivity index (χ1n) is 17.0. The van der Waals surface area contributed by atoms with Crippen molar-refractivity contribution in [2.75, 3.05) is 5.01 Å². The summed E-state index contributed by atoms with van der Waals surface area (Å²) in [7, 11) is 0. The maximum absolute atomic E-state index is 12.1. The molecule has 4 heteroatoms. The second kappa shape index (κ2) is 13.6. The number of rotatable bonds is 8. The molecule has 50 heavy (non-hydrogen) atoms. The second-order valence-electron chi connectivity index (χ2n) is 12.6. The maximum Gasteiger partial charge on any atom is 0.219 e. The molecule has 7 aromatic rings. The Kier molecular flexibility index (Phi) is 8.42. The van der Waals surface area contributed by atoms with Crippen LogP contribution < -0.4 is 9.58 Å². The summed E-state index contributed by atoms with van der Waals surface area (Å²) in [4.78, 5) is 12.1. The van der Waals surface area contributed by atoms with E-state index < -0.39 is 0 Å². The molecule has 1 atom stereocenters. The van der Waals surface area contributed by atoms with Crippen LogP contribution in [0.3, 0.4) is 0 Å². The van der Waals surface area contributed by atoms with Gasteiger partial charge in [0.15, 0.2) is 5.78 Å². The monoisotopic (exact) mass is 646 g/mol. The molecule has 0 saturated carbocycles. The molecule has 4 nitrogen and oxygen atoms in total. The van der Waals surface area contributed by atoms with Gasteiger partial charge >= 0.3 is 0 Å². The Labute approximate surface area is 293 Å². The van der Waals surface area contributed by atoms with E-state index in [4.69, 9.17) is 5.10 Å². The molecule has 0 saturated heterocycles. The van der Waals surface area contributed by atoms with Gasteiger partial charge in [0.2, 0.25) is 17.1 Å². The Morgan fingerprint density at radius 3 is 1.58 bits per heavy atom. The minimum Gasteiger partial charge on any atom is -0.295 e. The molecule has 0 fully saturated rings. The predicted molar refractivity (Wildman–Crippen MR) is 204 cm³/mol. The van der Waals surface area contributed by atoms with Crippen molar-refractivity contribution in [3.63, 3.8) is 0 Å². The second-order valence-corrected chi connectivity index (χ2v) is 12.6. The number of hydrazone groups is 1. The van der Waals surface area contributed by atoms with Crippen molar-refractivity contribution in [1.29, 1.82) is 0 Å². The summed E-state index contributed by atoms with van der Waals surface area (Å²) in [5.74, 6) is 0.0536. The molecule has 240 valence electrons. The first-order valence-corrected chi connectivity index (χ1v) is 17.0. The van der Waals surface area contributed by atoms with E-state index in [0.29, 0.717) is 5.56 Å². The lowest BCUT2D eigenvalue weighted by molar-refractivity contribution is -0.572. The molecule has 1 aromatic heterocycles. The highest BCUT2D eigenvalue weighted by Crippen LogP contribution is 2.38. The quantitative estimate of drug-likeness (QED) is 0.122. The molecule has 6 aromatic carbocycles. The maximum atomic E-state index is 12.1. The van der Waals surface area contributed by atoms with Gasteiger partial charge in [-0.1, -0.05) is 109 Å². The van der Waals surface area contributed by atoms with Crippen LogP contribution in [0.25, 0.3) is 39.3 Å². The molecule has 8 rings (SSSR count). The third-order valence-electron chi connectivity index (χ3n) is 9.40. The van der Waals surface area contributed by atoms with Crippen LogP contribution in [0.5, 0.6) is 0 Å². The van der Waals surface area contributed by atoms with Crippen molar-refractivity contribution in [2.24, 2.45) is 5.10 Å². The number of pyridine rings is 1. The Morgan fingerprint density at radius 1 is 0.560 bits per heavy atom. The molecule has 0 amide bonds. The SMILES string of the molecule is CC(=O)c1ccc(-[n+]2c(-c3ccccc3)cc(-c3ccc(N4N=C(c5ccccc5)C[C@@H]4c4ccccc4)cc3)cc2-c2ccccc2)cc1. The number of carbonyl (C=O) groups is 1. The fourth-order valence-electron chi connectivity index (χ4n) is 6.82. The van der Waals surface area contributed by atoms with Crippen molar-refractivity contribution >= 4 is 17.2 Å². The summed E-state index contributed by atoms with van der Waals surface area (Å²) in [6.45, 7) is 1.60. The van der Waals surface area contributed by atoms with Gasteiger partial charge in [0.05, 0.1) is 17.4 Å². The number of aromatic nitrogens is 1. The smallest absolute Gasteiger partial charge is 0.219 e. The van der Waals surface area contributed by atoms with E-state index in [-0.39, 0.29) is 11.8 Å². The zero-order chi connectivity index (χ0) is 33.9. The van der Waals surface area contributed by atoms with Crippen LogP contribution in [0.2, 0.25) is 0 Å². The normalized spacial score (nSPS) is 14.0. The van der Waals surface area contributed by atoms with Crippen LogP contribution in [-0.2, 0) is 0 Å². The summed E-state index contributed by atoms with van der Waals surface area (Å²) < 4.78 is 2.29. The topological polar surface area (TPSA) is 36.5 Å². The number of hydrogen-bond donors (Lipinski definition) is 0. The van der Waals surface area contributed by atoms with Gasteiger partial charge in [-0.25, -0.2) is 0 Å². The van der Waals surface area contributed by atoms with E-state index >= 15 is 0 Å². The number of ketones is 1. The van der Waals surface area contributed by atoms with Crippen LogP contribution in [0.4, 0.5) is 5.69 Å². The molecular weight excluding hydrogens is 611 g/mol. The van der Waals surface area contributed by atoms with Crippen LogP contribution in [0, 0.1) is 0 Å². The van der Waals surface area contributed by atoms with E-state index in [1.807, 2.05) is 42.5 Å². The van der Waals surface area contributed by atoms with Crippen molar-refractivity contribution < 1.29 is 9.36 Å². The first-order chi connectivity index (χ1) is 24.6. The van der Waals surface area contributed by atoms with Gasteiger partial charge in [-0.15, -0.1) is 0 Å². The lowest BCUT2D eigenvalue weighted by Crippen LogP contribution is -2.36. The number of hydrogen-bond acceptors (Lipinski definition) is 3. The lowest BCUT2D eigenvalue weighted by atomic mass is 9.97. The third kappa shape index (κ3) is 6.15. The van der Waals surface area contributed by atoms with Crippen molar-refractivity contribution in [3.8, 4) is 39.3 Å². The fraction of sp³-hybridized carbons (Fsp3) is 0.0652. The fourth-order valence-corrected chi connectivity index (χ4v) is 6.82. The van der Waals surface area contributed by atoms with Gasteiger partial charge < -0.3 is 0 Å². The highest BCUT2D eigenvalue weighted by atomic mass is 16.1. The first kappa shape index (κ1) is 30.9. The average Bonchev–Trinajstić information content (AvgIpc) is 3.65. The van der Waals surface area contributed by atoms with Gasteiger partial charge in [-0.3, -0.25) is 9.80 Å². The van der Waals surface area contributed by atoms with Crippen LogP contribution >= 0.6 is 0 Å². The van der Waals surface area contributed by atoms with Crippen LogP contribution in [0.15, 0.2) is 187 Å². The molecule has 0 bridgehead atoms. The Balaban J connectivity index is 1.25. The highest BCUT2D eigenvalue weighted by Gasteiger charge is 2.30. The molecule has 0 radical (unpaired) electrons. The number of Topliss-reactive ketones (excluding diaryl/α,β-unsaturated/α-hetero) is 1. The highest BCUT2D eigenvalue weighted by molar-refractivity contribution is 6.03. The van der Waals surface area contributed by atoms with Crippen molar-refractivity contribution in [3.05, 3.63) is 199 Å². The summed E-state index contributed by atoms with van der Waals surface area (Å²) in [5.41, 5.74) is 12.8. The largest absolute Gasteiger partial charge is 0.295 e. The molecule has 1 aliphatic rings. The van der Waals surface area contributed by atoms with Gasteiger partial charge in [0.1, 0.15) is 0 Å². The number of carbonyl (C=O) groups excluding carboxylic acids is 1. The van der Waals surface area contributed by atoms with E-state index in [2.05, 4.69) is 149 Å². The molecule has 0 N–H and O–H groups in total. The van der Waals surface area contributed by atoms with E-state index in [1.54, 1.807) is 6.92 Å². The third-order valence-corrected chi connectivity index (χ3v) is 9.40. The van der Waals surface area contributed by atoms with E-state index in [9.17, 15) is 4.79 Å². The zero-order valence-electron chi connectivity index (χ0n) is 27.9. The van der Waals surface area contributed by atoms with Gasteiger partial charge in [-0.2, -0.15) is 9.67 Å². The standard InChI is InChI=1S/C46H36N3O/c1-33(50)34-22-26-41(27-23-34)48-44(37-16-8-3-9-17-37)30-40(31-45(48)38-18-10-4-11-19-38)35-24-28-42(29-25-35)49-46(39-20-12-5-13-21-39)32-43(47-49)36-14-6-2-7-15-36/h2-31,46H,32H2,1H3/q+1/t46-/m1/s1.